The molecule has 2 aliphatic carbocycles. The van der Waals surface area contributed by atoms with Crippen molar-refractivity contribution in [1.29, 1.82) is 0 Å². The van der Waals surface area contributed by atoms with Crippen LogP contribution in [0.1, 0.15) is 66.8 Å². The highest BCUT2D eigenvalue weighted by molar-refractivity contribution is 9.10. The number of piperidine rings is 1. The molecule has 1 aromatic carbocycles. The second-order valence-electron chi connectivity index (χ2n) is 9.91. The molecule has 8 heteroatoms. The van der Waals surface area contributed by atoms with E-state index >= 15 is 0 Å². The van der Waals surface area contributed by atoms with Gasteiger partial charge in [-0.15, -0.1) is 0 Å². The van der Waals surface area contributed by atoms with Crippen molar-refractivity contribution in [3.63, 3.8) is 0 Å². The van der Waals surface area contributed by atoms with Gasteiger partial charge in [0.1, 0.15) is 7.11 Å². The van der Waals surface area contributed by atoms with Crippen LogP contribution in [0.25, 0.3) is 0 Å². The molecule has 0 bridgehead atoms. The van der Waals surface area contributed by atoms with Crippen LogP contribution in [0.15, 0.2) is 38.5 Å². The molecule has 2 aromatic rings. The number of likely N-dealkylation sites (tertiary alicyclic amines) is 1. The number of fused-ring (bicyclic) bond motifs is 2. The zero-order valence-corrected chi connectivity index (χ0v) is 23.8. The van der Waals surface area contributed by atoms with Gasteiger partial charge >= 0.3 is 0 Å². The first-order valence-electron chi connectivity index (χ1n) is 12.4. The smallest absolute Gasteiger partial charge is 0.225 e. The van der Waals surface area contributed by atoms with Gasteiger partial charge in [0.15, 0.2) is 0 Å². The van der Waals surface area contributed by atoms with E-state index in [1.807, 2.05) is 12.3 Å². The minimum atomic E-state index is 0.108. The first-order valence-corrected chi connectivity index (χ1v) is 14.4. The van der Waals surface area contributed by atoms with Gasteiger partial charge in [-0.25, -0.2) is 0 Å². The Morgan fingerprint density at radius 2 is 1.77 bits per heavy atom. The molecule has 35 heavy (non-hydrogen) atoms. The number of rotatable bonds is 3. The van der Waals surface area contributed by atoms with Crippen LogP contribution < -0.4 is 0 Å². The van der Waals surface area contributed by atoms with Gasteiger partial charge in [-0.05, 0) is 108 Å². The predicted octanol–water partition coefficient (Wildman–Crippen LogP) is 6.92. The normalized spacial score (nSPS) is 22.7. The Morgan fingerprint density at radius 1 is 1.06 bits per heavy atom. The minimum Gasteiger partial charge on any atom is -0.399 e. The number of carbonyl (C=O) groups excluding carboxylic acids is 1. The van der Waals surface area contributed by atoms with Crippen LogP contribution in [-0.2, 0) is 22.5 Å². The molecule has 1 aliphatic heterocycles. The van der Waals surface area contributed by atoms with E-state index in [9.17, 15) is 4.79 Å². The lowest BCUT2D eigenvalue weighted by Crippen LogP contribution is -2.43. The van der Waals surface area contributed by atoms with E-state index in [1.165, 1.54) is 22.4 Å². The zero-order chi connectivity index (χ0) is 24.5. The van der Waals surface area contributed by atoms with E-state index in [4.69, 9.17) is 21.4 Å². The maximum atomic E-state index is 13.3. The lowest BCUT2D eigenvalue weighted by molar-refractivity contribution is -0.137. The minimum absolute atomic E-state index is 0.108. The van der Waals surface area contributed by atoms with Crippen LogP contribution in [0.4, 0.5) is 0 Å². The second kappa shape index (κ2) is 10.9. The van der Waals surface area contributed by atoms with Crippen LogP contribution in [-0.4, -0.2) is 41.7 Å². The molecule has 186 valence electrons. The van der Waals surface area contributed by atoms with Crippen molar-refractivity contribution in [3.05, 3.63) is 60.7 Å². The van der Waals surface area contributed by atoms with Crippen LogP contribution in [0.3, 0.4) is 0 Å². The van der Waals surface area contributed by atoms with Crippen molar-refractivity contribution >= 4 is 55.1 Å². The molecule has 0 unspecified atom stereocenters. The number of halogens is 3. The van der Waals surface area contributed by atoms with Gasteiger partial charge in [0.25, 0.3) is 0 Å². The number of hydrogen-bond donors (Lipinski definition) is 0. The summed E-state index contributed by atoms with van der Waals surface area (Å²) in [6.07, 6.45) is 9.23. The lowest BCUT2D eigenvalue weighted by atomic mass is 9.76. The Morgan fingerprint density at radius 3 is 2.49 bits per heavy atom. The summed E-state index contributed by atoms with van der Waals surface area (Å²) < 4.78 is 2.08. The SMILES string of the molecule is CON=C1CCC(C(=O)N2CCC([C@H]3c4ncc(Br)cc4CCc4cc(Cl)cc(Br)c43)CC2)CC1. The maximum absolute atomic E-state index is 13.3. The van der Waals surface area contributed by atoms with Gasteiger partial charge in [0, 0.05) is 45.1 Å². The quantitative estimate of drug-likeness (QED) is 0.349. The van der Waals surface area contributed by atoms with Crippen molar-refractivity contribution in [2.24, 2.45) is 17.0 Å². The molecule has 5 nitrogen and oxygen atoms in total. The molecule has 1 saturated heterocycles. The molecule has 0 radical (unpaired) electrons. The van der Waals surface area contributed by atoms with Crippen LogP contribution in [0.2, 0.25) is 5.02 Å². The average Bonchev–Trinajstić information content (AvgIpc) is 3.01. The van der Waals surface area contributed by atoms with E-state index in [0.717, 1.165) is 84.1 Å². The Hall–Kier alpha value is -1.44. The summed E-state index contributed by atoms with van der Waals surface area (Å²) in [7, 11) is 1.58. The maximum Gasteiger partial charge on any atom is 0.225 e. The summed E-state index contributed by atoms with van der Waals surface area (Å²) in [6, 6.07) is 6.36. The first-order chi connectivity index (χ1) is 16.9. The third-order valence-corrected chi connectivity index (χ3v) is 9.18. The number of aryl methyl sites for hydroxylation is 2. The zero-order valence-electron chi connectivity index (χ0n) is 19.9. The van der Waals surface area contributed by atoms with Crippen molar-refractivity contribution in [1.82, 2.24) is 9.88 Å². The fraction of sp³-hybridized carbons (Fsp3) is 0.519. The average molecular weight is 624 g/mol. The van der Waals surface area contributed by atoms with Gasteiger partial charge in [-0.3, -0.25) is 9.78 Å². The van der Waals surface area contributed by atoms with E-state index in [2.05, 4.69) is 54.0 Å². The number of nitrogens with zero attached hydrogens (tertiary/aromatic N) is 3. The molecule has 1 aromatic heterocycles. The Kier molecular flexibility index (Phi) is 7.85. The summed E-state index contributed by atoms with van der Waals surface area (Å²) >= 11 is 13.9. The topological polar surface area (TPSA) is 54.8 Å². The number of amides is 1. The molecule has 0 spiro atoms. The highest BCUT2D eigenvalue weighted by atomic mass is 79.9. The number of aromatic nitrogens is 1. The van der Waals surface area contributed by atoms with E-state index in [0.29, 0.717) is 11.8 Å². The molecule has 5 rings (SSSR count). The number of hydrogen-bond acceptors (Lipinski definition) is 4. The van der Waals surface area contributed by atoms with Gasteiger partial charge in [-0.2, -0.15) is 0 Å². The summed E-state index contributed by atoms with van der Waals surface area (Å²) in [4.78, 5) is 25.3. The molecule has 1 saturated carbocycles. The number of carbonyl (C=O) groups is 1. The third-order valence-electron chi connectivity index (χ3n) is 7.87. The molecular weight excluding hydrogens is 594 g/mol. The van der Waals surface area contributed by atoms with E-state index in [-0.39, 0.29) is 11.8 Å². The van der Waals surface area contributed by atoms with Crippen LogP contribution in [0, 0.1) is 11.8 Å². The molecule has 3 aliphatic rings. The highest BCUT2D eigenvalue weighted by Gasteiger charge is 2.37. The van der Waals surface area contributed by atoms with Crippen molar-refractivity contribution in [3.8, 4) is 0 Å². The van der Waals surface area contributed by atoms with Gasteiger partial charge in [0.05, 0.1) is 11.4 Å². The van der Waals surface area contributed by atoms with Gasteiger partial charge in [0.2, 0.25) is 5.91 Å². The first kappa shape index (κ1) is 25.2. The van der Waals surface area contributed by atoms with Gasteiger partial charge < -0.3 is 9.74 Å². The van der Waals surface area contributed by atoms with Crippen molar-refractivity contribution in [2.45, 2.75) is 57.3 Å². The fourth-order valence-electron chi connectivity index (χ4n) is 6.16. The number of pyridine rings is 1. The van der Waals surface area contributed by atoms with Crippen molar-refractivity contribution < 1.29 is 9.63 Å². The van der Waals surface area contributed by atoms with Crippen molar-refractivity contribution in [2.75, 3.05) is 20.2 Å². The Labute approximate surface area is 228 Å². The summed E-state index contributed by atoms with van der Waals surface area (Å²) in [5.74, 6) is 1.04. The lowest BCUT2D eigenvalue weighted by Gasteiger charge is -2.38. The summed E-state index contributed by atoms with van der Waals surface area (Å²) in [5.41, 5.74) is 6.18. The monoisotopic (exact) mass is 621 g/mol. The summed E-state index contributed by atoms with van der Waals surface area (Å²) in [6.45, 7) is 1.61. The van der Waals surface area contributed by atoms with Crippen LogP contribution >= 0.6 is 43.5 Å². The largest absolute Gasteiger partial charge is 0.399 e. The molecule has 0 N–H and O–H groups in total. The summed E-state index contributed by atoms with van der Waals surface area (Å²) in [5, 5.41) is 4.85. The molecular formula is C27H30Br2ClN3O2. The highest BCUT2D eigenvalue weighted by Crippen LogP contribution is 2.46. The molecule has 2 heterocycles. The van der Waals surface area contributed by atoms with Gasteiger partial charge in [-0.1, -0.05) is 32.7 Å². The second-order valence-corrected chi connectivity index (χ2v) is 12.1. The molecule has 2 fully saturated rings. The van der Waals surface area contributed by atoms with E-state index in [1.54, 1.807) is 7.11 Å². The predicted molar refractivity (Wildman–Crippen MR) is 146 cm³/mol. The van der Waals surface area contributed by atoms with E-state index < -0.39 is 0 Å². The Balaban J connectivity index is 1.36. The van der Waals surface area contributed by atoms with Crippen LogP contribution in [0.5, 0.6) is 0 Å². The molecule has 1 amide bonds. The Bertz CT molecular complexity index is 1140. The standard InChI is InChI=1S/C27H30Br2ClN3O2/c1-35-32-22-6-4-17(5-7-22)27(34)33-10-8-16(9-11-33)25-24-18(13-21(30)14-23(24)29)2-3-19-12-20(28)15-31-26(19)25/h12-17,25H,2-11H2,1H3/t17?,25-/m1/s1. The fourth-order valence-corrected chi connectivity index (χ4v) is 7.66. The number of oxime groups is 1. The number of benzene rings is 1. The third kappa shape index (κ3) is 5.33. The molecule has 1 atom stereocenters.